The van der Waals surface area contributed by atoms with Crippen molar-refractivity contribution in [2.24, 2.45) is 23.5 Å². The van der Waals surface area contributed by atoms with Gasteiger partial charge < -0.3 is 10.5 Å². The van der Waals surface area contributed by atoms with Gasteiger partial charge in [0.1, 0.15) is 5.82 Å². The van der Waals surface area contributed by atoms with E-state index in [0.717, 1.165) is 5.56 Å². The normalized spacial score (nSPS) is 36.7. The van der Waals surface area contributed by atoms with Crippen LogP contribution in [0.3, 0.4) is 0 Å². The molecule has 2 saturated carbocycles. The minimum absolute atomic E-state index is 0.00894. The van der Waals surface area contributed by atoms with E-state index < -0.39 is 11.5 Å². The van der Waals surface area contributed by atoms with Crippen molar-refractivity contribution in [3.63, 3.8) is 0 Å². The second-order valence-corrected chi connectivity index (χ2v) is 5.83. The van der Waals surface area contributed by atoms with Gasteiger partial charge in [-0.15, -0.1) is 0 Å². The molecule has 1 aromatic carbocycles. The van der Waals surface area contributed by atoms with Gasteiger partial charge in [-0.1, -0.05) is 12.1 Å². The van der Waals surface area contributed by atoms with E-state index in [1.165, 1.54) is 12.1 Å². The Morgan fingerprint density at radius 2 is 2.19 bits per heavy atom. The molecule has 0 saturated heterocycles. The number of esters is 1. The minimum atomic E-state index is -0.792. The first-order valence-corrected chi connectivity index (χ1v) is 7.14. The van der Waals surface area contributed by atoms with Crippen LogP contribution in [0.4, 0.5) is 4.39 Å². The molecule has 21 heavy (non-hydrogen) atoms. The standard InChI is InChI=1S/C16H17FN2O2/c1-2-21-15(20)14-13-12(7-10(8-18)16(13,14)19)9-3-5-11(17)6-4-9/h3-6,10,12-14H,2,7,19H2,1H3. The van der Waals surface area contributed by atoms with Crippen LogP contribution in [0.1, 0.15) is 24.8 Å². The summed E-state index contributed by atoms with van der Waals surface area (Å²) in [5, 5.41) is 9.32. The van der Waals surface area contributed by atoms with Crippen molar-refractivity contribution in [2.45, 2.75) is 24.8 Å². The van der Waals surface area contributed by atoms with Crippen molar-refractivity contribution in [1.82, 2.24) is 0 Å². The Morgan fingerprint density at radius 1 is 1.52 bits per heavy atom. The van der Waals surface area contributed by atoms with Crippen LogP contribution >= 0.6 is 0 Å². The highest BCUT2D eigenvalue weighted by molar-refractivity contribution is 5.80. The zero-order valence-electron chi connectivity index (χ0n) is 11.8. The van der Waals surface area contributed by atoms with E-state index in [9.17, 15) is 14.4 Å². The van der Waals surface area contributed by atoms with Crippen LogP contribution in [0.5, 0.6) is 0 Å². The summed E-state index contributed by atoms with van der Waals surface area (Å²) >= 11 is 0. The predicted molar refractivity (Wildman–Crippen MR) is 73.4 cm³/mol. The van der Waals surface area contributed by atoms with Gasteiger partial charge in [0.2, 0.25) is 0 Å². The number of carbonyl (C=O) groups is 1. The van der Waals surface area contributed by atoms with Crippen LogP contribution in [-0.4, -0.2) is 18.1 Å². The van der Waals surface area contributed by atoms with E-state index in [1.807, 2.05) is 0 Å². The molecule has 2 N–H and O–H groups in total. The molecule has 0 heterocycles. The molecule has 0 aliphatic heterocycles. The van der Waals surface area contributed by atoms with Crippen molar-refractivity contribution in [1.29, 1.82) is 5.26 Å². The Balaban J connectivity index is 1.90. The number of halogens is 1. The quantitative estimate of drug-likeness (QED) is 0.863. The number of fused-ring (bicyclic) bond motifs is 1. The van der Waals surface area contributed by atoms with Crippen molar-refractivity contribution < 1.29 is 13.9 Å². The molecule has 110 valence electrons. The Bertz CT molecular complexity index is 610. The van der Waals surface area contributed by atoms with Crippen molar-refractivity contribution in [3.05, 3.63) is 35.6 Å². The van der Waals surface area contributed by atoms with Gasteiger partial charge >= 0.3 is 5.97 Å². The average molecular weight is 288 g/mol. The molecular weight excluding hydrogens is 271 g/mol. The topological polar surface area (TPSA) is 76.1 Å². The second kappa shape index (κ2) is 4.81. The second-order valence-electron chi connectivity index (χ2n) is 5.83. The number of nitrogens with two attached hydrogens (primary N) is 1. The summed E-state index contributed by atoms with van der Waals surface area (Å²) in [6.45, 7) is 2.05. The number of rotatable bonds is 3. The van der Waals surface area contributed by atoms with Gasteiger partial charge in [0, 0.05) is 11.5 Å². The first kappa shape index (κ1) is 14.0. The molecular formula is C16H17FN2O2. The largest absolute Gasteiger partial charge is 0.466 e. The molecule has 0 spiro atoms. The zero-order chi connectivity index (χ0) is 15.2. The average Bonchev–Trinajstić information content (AvgIpc) is 2.98. The van der Waals surface area contributed by atoms with Crippen LogP contribution in [0, 0.1) is 34.9 Å². The summed E-state index contributed by atoms with van der Waals surface area (Å²) in [4.78, 5) is 12.0. The maximum absolute atomic E-state index is 13.1. The Hall–Kier alpha value is -1.93. The fourth-order valence-electron chi connectivity index (χ4n) is 3.89. The molecule has 0 amide bonds. The van der Waals surface area contributed by atoms with Gasteiger partial charge in [-0.3, -0.25) is 4.79 Å². The molecule has 5 heteroatoms. The summed E-state index contributed by atoms with van der Waals surface area (Å²) in [5.74, 6) is -1.50. The molecule has 2 aliphatic rings. The number of hydrogen-bond acceptors (Lipinski definition) is 4. The zero-order valence-corrected chi connectivity index (χ0v) is 11.8. The SMILES string of the molecule is CCOC(=O)C1C2C(c3ccc(F)cc3)CC(C#N)C12N. The van der Waals surface area contributed by atoms with Crippen LogP contribution < -0.4 is 5.73 Å². The van der Waals surface area contributed by atoms with E-state index in [0.29, 0.717) is 13.0 Å². The molecule has 0 bridgehead atoms. The van der Waals surface area contributed by atoms with Crippen molar-refractivity contribution in [2.75, 3.05) is 6.61 Å². The maximum atomic E-state index is 13.1. The Kier molecular flexibility index (Phi) is 3.22. The van der Waals surface area contributed by atoms with E-state index in [2.05, 4.69) is 6.07 Å². The molecule has 5 atom stereocenters. The highest BCUT2D eigenvalue weighted by atomic mass is 19.1. The molecule has 5 unspecified atom stereocenters. The van der Waals surface area contributed by atoms with Gasteiger partial charge in [0.05, 0.1) is 24.5 Å². The van der Waals surface area contributed by atoms with E-state index in [4.69, 9.17) is 10.5 Å². The molecule has 2 aliphatic carbocycles. The lowest BCUT2D eigenvalue weighted by Gasteiger charge is -2.17. The van der Waals surface area contributed by atoms with Gasteiger partial charge in [0.15, 0.2) is 0 Å². The number of benzene rings is 1. The molecule has 1 aromatic rings. The van der Waals surface area contributed by atoms with Crippen LogP contribution in [0.25, 0.3) is 0 Å². The summed E-state index contributed by atoms with van der Waals surface area (Å²) in [6, 6.07) is 8.44. The highest BCUT2D eigenvalue weighted by Crippen LogP contribution is 2.67. The maximum Gasteiger partial charge on any atom is 0.311 e. The highest BCUT2D eigenvalue weighted by Gasteiger charge is 2.76. The van der Waals surface area contributed by atoms with Gasteiger partial charge in [-0.2, -0.15) is 5.26 Å². The predicted octanol–water partition coefficient (Wildman–Crippen LogP) is 1.96. The van der Waals surface area contributed by atoms with Gasteiger partial charge in [-0.25, -0.2) is 4.39 Å². The number of nitrogens with zero attached hydrogens (tertiary/aromatic N) is 1. The third kappa shape index (κ3) is 1.94. The summed E-state index contributed by atoms with van der Waals surface area (Å²) in [6.07, 6.45) is 0.610. The summed E-state index contributed by atoms with van der Waals surface area (Å²) in [5.41, 5.74) is 6.48. The first-order valence-electron chi connectivity index (χ1n) is 7.14. The minimum Gasteiger partial charge on any atom is -0.466 e. The van der Waals surface area contributed by atoms with Crippen LogP contribution in [0.2, 0.25) is 0 Å². The van der Waals surface area contributed by atoms with Gasteiger partial charge in [-0.05, 0) is 37.0 Å². The van der Waals surface area contributed by atoms with E-state index >= 15 is 0 Å². The first-order chi connectivity index (χ1) is 10.0. The summed E-state index contributed by atoms with van der Waals surface area (Å²) < 4.78 is 18.1. The Labute approximate surface area is 122 Å². The third-order valence-corrected chi connectivity index (χ3v) is 4.89. The lowest BCUT2D eigenvalue weighted by molar-refractivity contribution is -0.145. The monoisotopic (exact) mass is 288 g/mol. The van der Waals surface area contributed by atoms with Gasteiger partial charge in [0.25, 0.3) is 0 Å². The fourth-order valence-corrected chi connectivity index (χ4v) is 3.89. The molecule has 3 rings (SSSR count). The van der Waals surface area contributed by atoms with E-state index in [1.54, 1.807) is 19.1 Å². The number of nitriles is 1. The fraction of sp³-hybridized carbons (Fsp3) is 0.500. The Morgan fingerprint density at radius 3 is 2.76 bits per heavy atom. The molecule has 4 nitrogen and oxygen atoms in total. The van der Waals surface area contributed by atoms with E-state index in [-0.39, 0.29) is 29.5 Å². The lowest BCUT2D eigenvalue weighted by Crippen LogP contribution is -2.35. The molecule has 2 fully saturated rings. The number of hydrogen-bond donors (Lipinski definition) is 1. The number of ether oxygens (including phenoxy) is 1. The number of carbonyl (C=O) groups excluding carboxylic acids is 1. The smallest absolute Gasteiger partial charge is 0.311 e. The third-order valence-electron chi connectivity index (χ3n) is 4.89. The van der Waals surface area contributed by atoms with Crippen molar-refractivity contribution >= 4 is 5.97 Å². The molecule has 0 radical (unpaired) electrons. The van der Waals surface area contributed by atoms with Crippen LogP contribution in [0.15, 0.2) is 24.3 Å². The lowest BCUT2D eigenvalue weighted by atomic mass is 9.88. The summed E-state index contributed by atoms with van der Waals surface area (Å²) in [7, 11) is 0. The molecule has 0 aromatic heterocycles. The van der Waals surface area contributed by atoms with Crippen molar-refractivity contribution in [3.8, 4) is 6.07 Å². The van der Waals surface area contributed by atoms with Crippen LogP contribution in [-0.2, 0) is 9.53 Å².